The average Bonchev–Trinajstić information content (AvgIpc) is 3.51. The smallest absolute Gasteiger partial charge is 0.306 e. The van der Waals surface area contributed by atoms with Crippen molar-refractivity contribution in [2.45, 2.75) is 315 Å². The first-order chi connectivity index (χ1) is 40.4. The summed E-state index contributed by atoms with van der Waals surface area (Å²) >= 11 is 0. The summed E-state index contributed by atoms with van der Waals surface area (Å²) in [6.07, 6.45) is 83.8. The van der Waals surface area contributed by atoms with Crippen LogP contribution in [-0.2, 0) is 27.9 Å². The Labute approximate surface area is 513 Å². The van der Waals surface area contributed by atoms with Gasteiger partial charge in [-0.2, -0.15) is 0 Å². The molecule has 0 aromatic carbocycles. The molecule has 0 heterocycles. The molecule has 0 saturated carbocycles. The maximum atomic E-state index is 13.6. The van der Waals surface area contributed by atoms with Gasteiger partial charge in [0, 0.05) is 12.8 Å². The molecule has 0 aromatic heterocycles. The summed E-state index contributed by atoms with van der Waals surface area (Å²) in [4.78, 5) is 40.1. The van der Waals surface area contributed by atoms with Crippen molar-refractivity contribution in [1.82, 2.24) is 5.32 Å². The van der Waals surface area contributed by atoms with Crippen molar-refractivity contribution in [2.75, 3.05) is 40.9 Å². The highest BCUT2D eigenvalue weighted by Gasteiger charge is 2.27. The van der Waals surface area contributed by atoms with Gasteiger partial charge in [-0.05, 0) is 115 Å². The van der Waals surface area contributed by atoms with Crippen LogP contribution in [0.25, 0.3) is 0 Å². The molecule has 9 nitrogen and oxygen atoms in total. The second-order valence-corrected chi connectivity index (χ2v) is 25.7. The van der Waals surface area contributed by atoms with E-state index in [9.17, 15) is 19.0 Å². The third-order valence-electron chi connectivity index (χ3n) is 15.0. The van der Waals surface area contributed by atoms with E-state index in [1.54, 1.807) is 0 Å². The number of hydrogen-bond acceptors (Lipinski definition) is 7. The van der Waals surface area contributed by atoms with Gasteiger partial charge in [-0.15, -0.1) is 0 Å². The van der Waals surface area contributed by atoms with Crippen molar-refractivity contribution in [1.29, 1.82) is 0 Å². The van der Waals surface area contributed by atoms with Crippen molar-refractivity contribution in [3.63, 3.8) is 0 Å². The monoisotopic (exact) mass is 1180 g/mol. The van der Waals surface area contributed by atoms with Crippen LogP contribution in [0.15, 0.2) is 97.2 Å². The minimum atomic E-state index is -4.71. The lowest BCUT2D eigenvalue weighted by Gasteiger charge is -2.30. The number of nitrogens with zero attached hydrogens (tertiary/aromatic N) is 1. The number of likely N-dealkylation sites (N-methyl/N-ethyl adjacent to an activating group) is 1. The maximum absolute atomic E-state index is 13.6. The Morgan fingerprint density at radius 2 is 0.735 bits per heavy atom. The van der Waals surface area contributed by atoms with Crippen LogP contribution in [0.4, 0.5) is 0 Å². The number of allylic oxidation sites excluding steroid dienone is 15. The third kappa shape index (κ3) is 63.3. The van der Waals surface area contributed by atoms with Crippen LogP contribution in [0.1, 0.15) is 303 Å². The highest BCUT2D eigenvalue weighted by atomic mass is 31.2. The largest absolute Gasteiger partial charge is 0.756 e. The number of carbonyl (C=O) groups is 2. The highest BCUT2D eigenvalue weighted by Crippen LogP contribution is 2.38. The SMILES string of the molecule is CCCCC/C=C\C/C=C\C/C=C\C/C=C\CCCCCCCC(=O)OC(/C=C\CCCCCCCCCCC)C(COP(=O)([O-])OCC[N+](C)(C)C)NC(=O)CCCCCCCCCCCCCC/C=C\C/C=C\C/C=C\CCCCC. The first-order valence-corrected chi connectivity index (χ1v) is 36.0. The Kier molecular flexibility index (Phi) is 59.7. The van der Waals surface area contributed by atoms with Gasteiger partial charge in [0.05, 0.1) is 33.8 Å². The Morgan fingerprint density at radius 1 is 0.422 bits per heavy atom. The zero-order valence-electron chi connectivity index (χ0n) is 54.9. The van der Waals surface area contributed by atoms with E-state index in [4.69, 9.17) is 13.8 Å². The van der Waals surface area contributed by atoms with Crippen LogP contribution in [-0.4, -0.2) is 69.4 Å². The van der Waals surface area contributed by atoms with Crippen molar-refractivity contribution in [2.24, 2.45) is 0 Å². The molecular weight excluding hydrogens is 1050 g/mol. The number of amides is 1. The number of ether oxygens (including phenoxy) is 1. The number of quaternary nitrogens is 1. The number of nitrogens with one attached hydrogen (secondary N) is 1. The highest BCUT2D eigenvalue weighted by molar-refractivity contribution is 7.45. The summed E-state index contributed by atoms with van der Waals surface area (Å²) < 4.78 is 30.4. The Bertz CT molecular complexity index is 1740. The molecule has 0 spiro atoms. The molecule has 83 heavy (non-hydrogen) atoms. The fraction of sp³-hybridized carbons (Fsp3) is 0.753. The van der Waals surface area contributed by atoms with Gasteiger partial charge in [0.15, 0.2) is 0 Å². The van der Waals surface area contributed by atoms with Crippen molar-refractivity contribution >= 4 is 19.7 Å². The van der Waals surface area contributed by atoms with Gasteiger partial charge in [0.1, 0.15) is 19.3 Å². The minimum absolute atomic E-state index is 0.0297. The third-order valence-corrected chi connectivity index (χ3v) is 16.0. The summed E-state index contributed by atoms with van der Waals surface area (Å²) in [5, 5.41) is 3.03. The number of hydrogen-bond donors (Lipinski definition) is 1. The number of carbonyl (C=O) groups excluding carboxylic acids is 2. The van der Waals surface area contributed by atoms with E-state index in [0.29, 0.717) is 23.9 Å². The molecule has 0 saturated heterocycles. The molecule has 1 amide bonds. The van der Waals surface area contributed by atoms with Gasteiger partial charge in [-0.1, -0.05) is 272 Å². The van der Waals surface area contributed by atoms with Crippen LogP contribution in [0.3, 0.4) is 0 Å². The van der Waals surface area contributed by atoms with Gasteiger partial charge in [-0.3, -0.25) is 14.2 Å². The lowest BCUT2D eigenvalue weighted by molar-refractivity contribution is -0.870. The van der Waals surface area contributed by atoms with Gasteiger partial charge in [-0.25, -0.2) is 0 Å². The summed E-state index contributed by atoms with van der Waals surface area (Å²) in [5.74, 6) is -0.563. The standard InChI is InChI=1S/C73H131N2O7P/c1-7-10-13-16-19-22-25-27-29-31-33-35-36-37-38-40-41-43-45-47-50-53-56-59-62-65-72(76)74-70(69-81-83(78,79)80-68-67-75(4,5)6)71(64-61-58-55-52-49-24-21-18-15-12-9-3)82-73(77)66-63-60-57-54-51-48-46-44-42-39-34-32-30-28-26-23-20-17-14-11-8-2/h19-20,22-23,27-30,33-35,39,44,46,61,64,70-71H,7-18,21,24-26,31-32,36-38,40-43,45,47-60,62-63,65-69H2,1-6H3,(H-,74,76,78,79)/b22-19-,23-20-,29-27-,30-28-,35-33-,39-34-,46-44-,64-61-. The van der Waals surface area contributed by atoms with Crippen LogP contribution in [0, 0.1) is 0 Å². The molecule has 0 aliphatic rings. The van der Waals surface area contributed by atoms with Gasteiger partial charge >= 0.3 is 5.97 Å². The first kappa shape index (κ1) is 79.9. The van der Waals surface area contributed by atoms with Gasteiger partial charge in [0.2, 0.25) is 5.91 Å². The van der Waals surface area contributed by atoms with Gasteiger partial charge in [0.25, 0.3) is 7.82 Å². The lowest BCUT2D eigenvalue weighted by atomic mass is 10.0. The molecule has 1 N–H and O–H groups in total. The lowest BCUT2D eigenvalue weighted by Crippen LogP contribution is -2.47. The van der Waals surface area contributed by atoms with E-state index in [0.717, 1.165) is 109 Å². The van der Waals surface area contributed by atoms with Gasteiger partial charge < -0.3 is 28.5 Å². The molecule has 0 aromatic rings. The predicted molar refractivity (Wildman–Crippen MR) is 358 cm³/mol. The minimum Gasteiger partial charge on any atom is -0.756 e. The molecule has 3 atom stereocenters. The summed E-state index contributed by atoms with van der Waals surface area (Å²) in [7, 11) is 1.17. The first-order valence-electron chi connectivity index (χ1n) is 34.5. The molecule has 0 rings (SSSR count). The zero-order chi connectivity index (χ0) is 60.7. The quantitative estimate of drug-likeness (QED) is 0.0212. The maximum Gasteiger partial charge on any atom is 0.306 e. The summed E-state index contributed by atoms with van der Waals surface area (Å²) in [5.41, 5.74) is 0. The van der Waals surface area contributed by atoms with Crippen molar-refractivity contribution < 1.29 is 37.3 Å². The second kappa shape index (κ2) is 62.0. The summed E-state index contributed by atoms with van der Waals surface area (Å²) in [6.45, 7) is 6.78. The van der Waals surface area contributed by atoms with Crippen LogP contribution in [0.2, 0.25) is 0 Å². The van der Waals surface area contributed by atoms with E-state index < -0.39 is 26.6 Å². The summed E-state index contributed by atoms with van der Waals surface area (Å²) in [6, 6.07) is -0.903. The number of rotatable bonds is 62. The number of esters is 1. The topological polar surface area (TPSA) is 114 Å². The number of phosphoric ester groups is 1. The zero-order valence-corrected chi connectivity index (χ0v) is 55.8. The molecule has 0 aliphatic heterocycles. The van der Waals surface area contributed by atoms with E-state index >= 15 is 0 Å². The number of unbranched alkanes of at least 4 members (excludes halogenated alkanes) is 32. The Balaban J connectivity index is 5.10. The molecule has 0 aliphatic carbocycles. The second-order valence-electron chi connectivity index (χ2n) is 24.3. The van der Waals surface area contributed by atoms with E-state index in [1.807, 2.05) is 33.3 Å². The molecule has 0 bridgehead atoms. The fourth-order valence-corrected chi connectivity index (χ4v) is 10.4. The normalized spacial score (nSPS) is 14.2. The van der Waals surface area contributed by atoms with Crippen LogP contribution >= 0.6 is 7.82 Å². The Morgan fingerprint density at radius 3 is 1.12 bits per heavy atom. The van der Waals surface area contributed by atoms with E-state index in [2.05, 4.69) is 111 Å². The van der Waals surface area contributed by atoms with Crippen molar-refractivity contribution in [3.8, 4) is 0 Å². The molecular formula is C73H131N2O7P. The van der Waals surface area contributed by atoms with Crippen LogP contribution in [0.5, 0.6) is 0 Å². The predicted octanol–water partition coefficient (Wildman–Crippen LogP) is 21.3. The number of phosphoric acid groups is 1. The Hall–Kier alpha value is -3.07. The van der Waals surface area contributed by atoms with E-state index in [1.165, 1.54) is 154 Å². The fourth-order valence-electron chi connectivity index (χ4n) is 9.63. The molecule has 10 heteroatoms. The van der Waals surface area contributed by atoms with Crippen LogP contribution < -0.4 is 10.2 Å². The molecule has 480 valence electrons. The molecule has 0 fully saturated rings. The van der Waals surface area contributed by atoms with Crippen molar-refractivity contribution in [3.05, 3.63) is 97.2 Å². The molecule has 0 radical (unpaired) electrons. The van der Waals surface area contributed by atoms with E-state index in [-0.39, 0.29) is 24.9 Å². The average molecular weight is 1180 g/mol. The molecule has 3 unspecified atom stereocenters.